The highest BCUT2D eigenvalue weighted by atomic mass is 35.5. The Morgan fingerprint density at radius 1 is 1.52 bits per heavy atom. The molecule has 134 valence electrons. The van der Waals surface area contributed by atoms with Gasteiger partial charge in [0.25, 0.3) is 0 Å². The lowest BCUT2D eigenvalue weighted by Gasteiger charge is -2.25. The summed E-state index contributed by atoms with van der Waals surface area (Å²) >= 11 is 5.76. The van der Waals surface area contributed by atoms with Crippen LogP contribution in [0.5, 0.6) is 0 Å². The Balaban J connectivity index is 1.65. The molecule has 0 radical (unpaired) electrons. The van der Waals surface area contributed by atoms with E-state index >= 15 is 0 Å². The van der Waals surface area contributed by atoms with Crippen LogP contribution < -0.4 is 10.6 Å². The van der Waals surface area contributed by atoms with Gasteiger partial charge in [0.05, 0.1) is 17.7 Å². The fourth-order valence-electron chi connectivity index (χ4n) is 2.79. The predicted octanol–water partition coefficient (Wildman–Crippen LogP) is 1.16. The normalized spacial score (nSPS) is 20.9. The highest BCUT2D eigenvalue weighted by Crippen LogP contribution is 2.29. The van der Waals surface area contributed by atoms with Crippen LogP contribution in [0.25, 0.3) is 0 Å². The molecule has 1 aliphatic heterocycles. The van der Waals surface area contributed by atoms with Crippen LogP contribution in [-0.4, -0.2) is 46.9 Å². The summed E-state index contributed by atoms with van der Waals surface area (Å²) in [4.78, 5) is 15.8. The van der Waals surface area contributed by atoms with E-state index in [1.807, 2.05) is 0 Å². The van der Waals surface area contributed by atoms with E-state index in [2.05, 4.69) is 20.7 Å². The van der Waals surface area contributed by atoms with Gasteiger partial charge in [-0.2, -0.15) is 5.10 Å². The lowest BCUT2D eigenvalue weighted by molar-refractivity contribution is -0.122. The first-order chi connectivity index (χ1) is 12.1. The average molecular weight is 368 g/mol. The van der Waals surface area contributed by atoms with Gasteiger partial charge in [-0.15, -0.1) is 0 Å². The monoisotopic (exact) mass is 367 g/mol. The van der Waals surface area contributed by atoms with Crippen LogP contribution in [0.15, 0.2) is 30.9 Å². The van der Waals surface area contributed by atoms with Crippen molar-refractivity contribution in [3.05, 3.63) is 47.3 Å². The molecule has 2 N–H and O–H groups in total. The molecule has 1 amide bonds. The van der Waals surface area contributed by atoms with E-state index in [-0.39, 0.29) is 29.5 Å². The van der Waals surface area contributed by atoms with Crippen molar-refractivity contribution in [3.8, 4) is 0 Å². The van der Waals surface area contributed by atoms with E-state index < -0.39 is 5.82 Å². The summed E-state index contributed by atoms with van der Waals surface area (Å²) in [6, 6.07) is 4.67. The smallest absolute Gasteiger partial charge is 0.241 e. The number of ether oxygens (including phenoxy) is 1. The minimum absolute atomic E-state index is 0.0391. The number of carbonyl (C=O) groups excluding carboxylic acids is 1. The second-order valence-electron chi connectivity index (χ2n) is 5.83. The molecule has 0 spiro atoms. The van der Waals surface area contributed by atoms with Crippen LogP contribution in [-0.2, 0) is 16.1 Å². The minimum atomic E-state index is -0.478. The van der Waals surface area contributed by atoms with Crippen LogP contribution in [0.2, 0.25) is 5.02 Å². The highest BCUT2D eigenvalue weighted by Gasteiger charge is 2.27. The van der Waals surface area contributed by atoms with Crippen LogP contribution in [0.1, 0.15) is 11.7 Å². The third kappa shape index (κ3) is 4.75. The molecule has 0 aliphatic carbocycles. The Kier molecular flexibility index (Phi) is 5.95. The first-order valence-corrected chi connectivity index (χ1v) is 8.37. The molecule has 2 unspecified atom stereocenters. The standard InChI is InChI=1S/C16H19ClFN5O2/c17-13-2-1-11(5-14(13)18)16-12(6-19-3-4-25-16)7-21-15(24)8-23-10-20-9-22-23/h1-2,5,9-10,12,16,19H,3-4,6-8H2,(H,21,24). The van der Waals surface area contributed by atoms with Crippen molar-refractivity contribution < 1.29 is 13.9 Å². The Morgan fingerprint density at radius 2 is 2.40 bits per heavy atom. The number of halogens is 2. The highest BCUT2D eigenvalue weighted by molar-refractivity contribution is 6.30. The molecule has 2 atom stereocenters. The minimum Gasteiger partial charge on any atom is -0.372 e. The van der Waals surface area contributed by atoms with E-state index in [4.69, 9.17) is 16.3 Å². The molecule has 1 aromatic carbocycles. The molecule has 1 fully saturated rings. The van der Waals surface area contributed by atoms with Crippen LogP contribution in [0.3, 0.4) is 0 Å². The fourth-order valence-corrected chi connectivity index (χ4v) is 2.91. The van der Waals surface area contributed by atoms with Crippen LogP contribution >= 0.6 is 11.6 Å². The molecular formula is C16H19ClFN5O2. The summed E-state index contributed by atoms with van der Waals surface area (Å²) in [5, 5.41) is 10.1. The number of aromatic nitrogens is 3. The Labute approximate surface area is 149 Å². The molecular weight excluding hydrogens is 349 g/mol. The summed E-state index contributed by atoms with van der Waals surface area (Å²) in [5.74, 6) is -0.688. The van der Waals surface area contributed by atoms with E-state index in [0.717, 1.165) is 0 Å². The van der Waals surface area contributed by atoms with Crippen LogP contribution in [0, 0.1) is 11.7 Å². The SMILES string of the molecule is O=C(Cn1cncn1)NCC1CNCCOC1c1ccc(Cl)c(F)c1. The van der Waals surface area contributed by atoms with Gasteiger partial charge in [-0.25, -0.2) is 14.1 Å². The summed E-state index contributed by atoms with van der Waals surface area (Å²) in [6.45, 7) is 2.36. The number of carbonyl (C=O) groups is 1. The number of benzene rings is 1. The second-order valence-corrected chi connectivity index (χ2v) is 6.23. The summed E-state index contributed by atoms with van der Waals surface area (Å²) in [6.07, 6.45) is 2.53. The number of rotatable bonds is 5. The lowest BCUT2D eigenvalue weighted by atomic mass is 9.95. The number of hydrogen-bond donors (Lipinski definition) is 2. The maximum absolute atomic E-state index is 13.8. The quantitative estimate of drug-likeness (QED) is 0.829. The van der Waals surface area contributed by atoms with E-state index in [1.54, 1.807) is 6.07 Å². The second kappa shape index (κ2) is 8.37. The van der Waals surface area contributed by atoms with Crippen molar-refractivity contribution >= 4 is 17.5 Å². The first kappa shape index (κ1) is 17.8. The first-order valence-electron chi connectivity index (χ1n) is 8.00. The van der Waals surface area contributed by atoms with E-state index in [9.17, 15) is 9.18 Å². The molecule has 2 aromatic rings. The molecule has 3 rings (SSSR count). The van der Waals surface area contributed by atoms with Gasteiger partial charge in [0.15, 0.2) is 0 Å². The zero-order chi connectivity index (χ0) is 17.6. The third-order valence-electron chi connectivity index (χ3n) is 4.02. The van der Waals surface area contributed by atoms with Gasteiger partial charge in [0.1, 0.15) is 25.0 Å². The summed E-state index contributed by atoms with van der Waals surface area (Å²) in [7, 11) is 0. The Hall–Kier alpha value is -2.03. The van der Waals surface area contributed by atoms with Crippen LogP contribution in [0.4, 0.5) is 4.39 Å². The Morgan fingerprint density at radius 3 is 3.16 bits per heavy atom. The summed E-state index contributed by atoms with van der Waals surface area (Å²) in [5.41, 5.74) is 0.709. The predicted molar refractivity (Wildman–Crippen MR) is 89.5 cm³/mol. The topological polar surface area (TPSA) is 81.1 Å². The van der Waals surface area contributed by atoms with Crippen molar-refractivity contribution in [1.82, 2.24) is 25.4 Å². The summed E-state index contributed by atoms with van der Waals surface area (Å²) < 4.78 is 21.1. The van der Waals surface area contributed by atoms with Gasteiger partial charge in [0, 0.05) is 25.6 Å². The van der Waals surface area contributed by atoms with Gasteiger partial charge in [-0.3, -0.25) is 4.79 Å². The van der Waals surface area contributed by atoms with Crippen molar-refractivity contribution in [2.75, 3.05) is 26.2 Å². The average Bonchev–Trinajstić information content (AvgIpc) is 2.98. The van der Waals surface area contributed by atoms with Crippen molar-refractivity contribution in [2.24, 2.45) is 5.92 Å². The van der Waals surface area contributed by atoms with Gasteiger partial charge in [-0.1, -0.05) is 17.7 Å². The number of nitrogens with zero attached hydrogens (tertiary/aromatic N) is 3. The molecule has 9 heteroatoms. The number of hydrogen-bond acceptors (Lipinski definition) is 5. The maximum Gasteiger partial charge on any atom is 0.241 e. The van der Waals surface area contributed by atoms with Crippen molar-refractivity contribution in [2.45, 2.75) is 12.6 Å². The number of nitrogens with one attached hydrogen (secondary N) is 2. The number of amides is 1. The fraction of sp³-hybridized carbons (Fsp3) is 0.438. The maximum atomic E-state index is 13.8. The molecule has 7 nitrogen and oxygen atoms in total. The van der Waals surface area contributed by atoms with Crippen molar-refractivity contribution in [1.29, 1.82) is 0 Å². The molecule has 1 aromatic heterocycles. The van der Waals surface area contributed by atoms with Crippen molar-refractivity contribution in [3.63, 3.8) is 0 Å². The zero-order valence-corrected chi connectivity index (χ0v) is 14.2. The third-order valence-corrected chi connectivity index (χ3v) is 4.32. The molecule has 2 heterocycles. The zero-order valence-electron chi connectivity index (χ0n) is 13.5. The molecule has 0 saturated carbocycles. The van der Waals surface area contributed by atoms with E-state index in [0.29, 0.717) is 31.8 Å². The van der Waals surface area contributed by atoms with Gasteiger partial charge in [-0.05, 0) is 17.7 Å². The largest absolute Gasteiger partial charge is 0.372 e. The van der Waals surface area contributed by atoms with E-state index in [1.165, 1.54) is 29.5 Å². The van der Waals surface area contributed by atoms with Gasteiger partial charge >= 0.3 is 0 Å². The Bertz CT molecular complexity index is 713. The van der Waals surface area contributed by atoms with Gasteiger partial charge < -0.3 is 15.4 Å². The lowest BCUT2D eigenvalue weighted by Crippen LogP contribution is -2.38. The molecule has 25 heavy (non-hydrogen) atoms. The van der Waals surface area contributed by atoms with Gasteiger partial charge in [0.2, 0.25) is 5.91 Å². The molecule has 0 bridgehead atoms. The molecule has 1 saturated heterocycles. The molecule has 1 aliphatic rings.